The molecule has 0 aliphatic carbocycles. The lowest BCUT2D eigenvalue weighted by molar-refractivity contribution is -0.119. The van der Waals surface area contributed by atoms with E-state index < -0.39 is 0 Å². The first-order valence-electron chi connectivity index (χ1n) is 13.9. The van der Waals surface area contributed by atoms with Gasteiger partial charge in [-0.2, -0.15) is 0 Å². The smallest absolute Gasteiger partial charge is 0.262 e. The number of nitrogens with zero attached hydrogens (tertiary/aromatic N) is 2. The van der Waals surface area contributed by atoms with Crippen LogP contribution >= 0.6 is 11.8 Å². The third-order valence-corrected chi connectivity index (χ3v) is 8.19. The Morgan fingerprint density at radius 3 is 2.35 bits per heavy atom. The molecule has 0 saturated heterocycles. The highest BCUT2D eigenvalue weighted by atomic mass is 32.2. The molecule has 3 aromatic carbocycles. The Morgan fingerprint density at radius 2 is 1.60 bits per heavy atom. The van der Waals surface area contributed by atoms with Crippen molar-refractivity contribution < 1.29 is 28.5 Å². The van der Waals surface area contributed by atoms with Gasteiger partial charge >= 0.3 is 0 Å². The summed E-state index contributed by atoms with van der Waals surface area (Å²) in [7, 11) is 0. The average molecular weight is 603 g/mol. The van der Waals surface area contributed by atoms with E-state index in [4.69, 9.17) is 23.9 Å². The minimum absolute atomic E-state index is 0.0484. The highest BCUT2D eigenvalue weighted by Gasteiger charge is 2.20. The summed E-state index contributed by atoms with van der Waals surface area (Å²) in [6, 6.07) is 16.0. The fourth-order valence-corrected chi connectivity index (χ4v) is 5.48. The minimum Gasteiger partial charge on any atom is -0.454 e. The number of thioether (sulfide) groups is 1. The van der Waals surface area contributed by atoms with Gasteiger partial charge in [-0.15, -0.1) is 0 Å². The third kappa shape index (κ3) is 6.24. The van der Waals surface area contributed by atoms with Crippen LogP contribution in [0.4, 0.5) is 0 Å². The number of carbonyl (C=O) groups is 2. The number of aromatic nitrogens is 2. The largest absolute Gasteiger partial charge is 0.454 e. The Labute approximate surface area is 251 Å². The van der Waals surface area contributed by atoms with Gasteiger partial charge in [0, 0.05) is 24.2 Å². The normalized spacial score (nSPS) is 13.6. The fourth-order valence-electron chi connectivity index (χ4n) is 4.67. The number of carbonyl (C=O) groups excluding carboxylic acids is 2. The van der Waals surface area contributed by atoms with Crippen LogP contribution in [-0.2, 0) is 17.9 Å². The summed E-state index contributed by atoms with van der Waals surface area (Å²) >= 11 is 1.20. The molecule has 2 aliphatic heterocycles. The maximum absolute atomic E-state index is 13.7. The Morgan fingerprint density at radius 1 is 0.930 bits per heavy atom. The van der Waals surface area contributed by atoms with Crippen molar-refractivity contribution in [1.29, 1.82) is 0 Å². The molecule has 0 radical (unpaired) electrons. The van der Waals surface area contributed by atoms with Crippen LogP contribution in [0.5, 0.6) is 23.0 Å². The number of nitrogens with one attached hydrogen (secondary N) is 2. The van der Waals surface area contributed by atoms with E-state index in [1.54, 1.807) is 41.0 Å². The van der Waals surface area contributed by atoms with Gasteiger partial charge in [0.1, 0.15) is 0 Å². The zero-order valence-corrected chi connectivity index (χ0v) is 24.5. The van der Waals surface area contributed by atoms with Crippen LogP contribution in [0.1, 0.15) is 41.8 Å². The van der Waals surface area contributed by atoms with E-state index in [9.17, 15) is 14.4 Å². The lowest BCUT2D eigenvalue weighted by Gasteiger charge is -2.15. The molecule has 0 saturated carbocycles. The Balaban J connectivity index is 1.20. The van der Waals surface area contributed by atoms with Gasteiger partial charge in [0.15, 0.2) is 28.2 Å². The van der Waals surface area contributed by atoms with Gasteiger partial charge in [-0.1, -0.05) is 36.9 Å². The second-order valence-corrected chi connectivity index (χ2v) is 11.2. The van der Waals surface area contributed by atoms with Gasteiger partial charge in [0.05, 0.1) is 23.2 Å². The predicted octanol–water partition coefficient (Wildman–Crippen LogP) is 3.84. The van der Waals surface area contributed by atoms with Gasteiger partial charge in [-0.3, -0.25) is 19.0 Å². The predicted molar refractivity (Wildman–Crippen MR) is 160 cm³/mol. The van der Waals surface area contributed by atoms with E-state index in [0.717, 1.165) is 17.5 Å². The van der Waals surface area contributed by atoms with Gasteiger partial charge < -0.3 is 29.6 Å². The summed E-state index contributed by atoms with van der Waals surface area (Å²) in [6.45, 7) is 4.74. The Bertz CT molecular complexity index is 1760. The quantitative estimate of drug-likeness (QED) is 0.205. The van der Waals surface area contributed by atoms with E-state index in [0.29, 0.717) is 51.2 Å². The molecule has 43 heavy (non-hydrogen) atoms. The first-order chi connectivity index (χ1) is 20.9. The highest BCUT2D eigenvalue weighted by molar-refractivity contribution is 7.99. The summed E-state index contributed by atoms with van der Waals surface area (Å²) in [5, 5.41) is 6.65. The molecule has 2 amide bonds. The number of benzene rings is 3. The molecule has 1 aromatic heterocycles. The molecule has 0 spiro atoms. The SMILES string of the molecule is CC[C@H](C)NC(=O)CSc1nc2cc3c(cc2c(=O)n1Cc1ccc(C(=O)NCc2ccc4c(c2)OCO4)cc1)OCO3. The summed E-state index contributed by atoms with van der Waals surface area (Å²) in [5.41, 5.74) is 2.37. The lowest BCUT2D eigenvalue weighted by atomic mass is 10.1. The van der Waals surface area contributed by atoms with Crippen LogP contribution in [0.15, 0.2) is 64.5 Å². The molecule has 2 aliphatic rings. The van der Waals surface area contributed by atoms with Crippen LogP contribution in [0.25, 0.3) is 10.9 Å². The molecule has 12 heteroatoms. The summed E-state index contributed by atoms with van der Waals surface area (Å²) < 4.78 is 23.2. The summed E-state index contributed by atoms with van der Waals surface area (Å²) in [6.07, 6.45) is 0.814. The van der Waals surface area contributed by atoms with E-state index in [2.05, 4.69) is 10.6 Å². The number of amides is 2. The van der Waals surface area contributed by atoms with E-state index in [1.165, 1.54) is 11.8 Å². The molecule has 0 bridgehead atoms. The van der Waals surface area contributed by atoms with Crippen molar-refractivity contribution in [3.8, 4) is 23.0 Å². The zero-order valence-electron chi connectivity index (χ0n) is 23.7. The Hall–Kier alpha value is -4.71. The monoisotopic (exact) mass is 602 g/mol. The third-order valence-electron chi connectivity index (χ3n) is 7.21. The minimum atomic E-state index is -0.265. The second kappa shape index (κ2) is 12.3. The molecular formula is C31H30N4O7S. The van der Waals surface area contributed by atoms with Crippen molar-refractivity contribution >= 4 is 34.5 Å². The van der Waals surface area contributed by atoms with Crippen molar-refractivity contribution in [3.63, 3.8) is 0 Å². The number of fused-ring (bicyclic) bond motifs is 3. The molecule has 0 unspecified atom stereocenters. The first kappa shape index (κ1) is 28.4. The first-order valence-corrected chi connectivity index (χ1v) is 14.9. The molecule has 6 rings (SSSR count). The van der Waals surface area contributed by atoms with Crippen LogP contribution in [0.3, 0.4) is 0 Å². The fraction of sp³-hybridized carbons (Fsp3) is 0.290. The molecule has 0 fully saturated rings. The van der Waals surface area contributed by atoms with Crippen LogP contribution in [0, 0.1) is 0 Å². The van der Waals surface area contributed by atoms with Crippen LogP contribution < -0.4 is 35.1 Å². The average Bonchev–Trinajstić information content (AvgIpc) is 3.68. The molecular weight excluding hydrogens is 572 g/mol. The van der Waals surface area contributed by atoms with Crippen molar-refractivity contribution in [1.82, 2.24) is 20.2 Å². The number of hydrogen-bond acceptors (Lipinski definition) is 9. The van der Waals surface area contributed by atoms with Crippen molar-refractivity contribution in [2.75, 3.05) is 19.3 Å². The van der Waals surface area contributed by atoms with E-state index in [-0.39, 0.29) is 49.3 Å². The van der Waals surface area contributed by atoms with Gasteiger partial charge in [-0.05, 0) is 54.8 Å². The molecule has 2 N–H and O–H groups in total. The maximum atomic E-state index is 13.7. The molecule has 11 nitrogen and oxygen atoms in total. The molecule has 4 aromatic rings. The van der Waals surface area contributed by atoms with Crippen LogP contribution in [-0.4, -0.2) is 46.7 Å². The van der Waals surface area contributed by atoms with Crippen LogP contribution in [0.2, 0.25) is 0 Å². The summed E-state index contributed by atoms with van der Waals surface area (Å²) in [5.74, 6) is 2.10. The maximum Gasteiger partial charge on any atom is 0.262 e. The standard InChI is InChI=1S/C31H30N4O7S/c1-3-18(2)33-28(36)15-43-31-34-23-12-27-26(41-17-42-27)11-22(23)30(38)35(31)14-19-4-7-21(8-5-19)29(37)32-13-20-6-9-24-25(10-20)40-16-39-24/h4-12,18H,3,13-17H2,1-2H3,(H,32,37)(H,33,36)/t18-/m0/s1. The lowest BCUT2D eigenvalue weighted by Crippen LogP contribution is -2.33. The van der Waals surface area contributed by atoms with E-state index >= 15 is 0 Å². The van der Waals surface area contributed by atoms with Gasteiger partial charge in [-0.25, -0.2) is 4.98 Å². The molecule has 1 atom stereocenters. The zero-order chi connectivity index (χ0) is 29.9. The van der Waals surface area contributed by atoms with Gasteiger partial charge in [0.2, 0.25) is 19.5 Å². The van der Waals surface area contributed by atoms with Gasteiger partial charge in [0.25, 0.3) is 11.5 Å². The Kier molecular flexibility index (Phi) is 8.10. The summed E-state index contributed by atoms with van der Waals surface area (Å²) in [4.78, 5) is 43.8. The highest BCUT2D eigenvalue weighted by Crippen LogP contribution is 2.35. The van der Waals surface area contributed by atoms with Crippen molar-refractivity contribution in [2.45, 2.75) is 44.6 Å². The van der Waals surface area contributed by atoms with E-state index in [1.807, 2.05) is 32.0 Å². The number of ether oxygens (including phenoxy) is 4. The van der Waals surface area contributed by atoms with Crippen molar-refractivity contribution in [3.05, 3.63) is 81.6 Å². The second-order valence-electron chi connectivity index (χ2n) is 10.2. The molecule has 3 heterocycles. The number of hydrogen-bond donors (Lipinski definition) is 2. The number of rotatable bonds is 10. The topological polar surface area (TPSA) is 130 Å². The molecule has 222 valence electrons. The van der Waals surface area contributed by atoms with Crippen molar-refractivity contribution in [2.24, 2.45) is 0 Å².